The molecule has 2 aromatic rings. The van der Waals surface area contributed by atoms with E-state index in [-0.39, 0.29) is 5.91 Å². The number of amides is 1. The number of nitrogen functional groups attached to an aromatic ring is 1. The van der Waals surface area contributed by atoms with Crippen LogP contribution < -0.4 is 11.1 Å². The lowest BCUT2D eigenvalue weighted by molar-refractivity contribution is 0.102. The molecular weight excluding hydrogens is 376 g/mol. The Morgan fingerprint density at radius 3 is 2.26 bits per heavy atom. The summed E-state index contributed by atoms with van der Waals surface area (Å²) >= 11 is 6.75. The second kappa shape index (κ2) is 5.38. The lowest BCUT2D eigenvalue weighted by Crippen LogP contribution is -2.13. The molecule has 0 aliphatic rings. The molecule has 1 aromatic carbocycles. The Morgan fingerprint density at radius 1 is 1.21 bits per heavy atom. The minimum Gasteiger partial charge on any atom is -0.466 e. The third-order valence-electron chi connectivity index (χ3n) is 2.59. The Balaban J connectivity index is 2.32. The van der Waals surface area contributed by atoms with Crippen molar-refractivity contribution in [2.45, 2.75) is 13.8 Å². The van der Waals surface area contributed by atoms with E-state index >= 15 is 0 Å². The molecule has 0 unspecified atom stereocenters. The fourth-order valence-electron chi connectivity index (χ4n) is 1.75. The van der Waals surface area contributed by atoms with Crippen LogP contribution in [0.25, 0.3) is 0 Å². The molecule has 100 valence electrons. The molecule has 0 bridgehead atoms. The van der Waals surface area contributed by atoms with Crippen molar-refractivity contribution in [2.24, 2.45) is 0 Å². The molecule has 2 rings (SSSR count). The first-order valence-corrected chi connectivity index (χ1v) is 7.10. The number of hydrogen-bond donors (Lipinski definition) is 2. The standard InChI is InChI=1S/C13H12Br2N2O2/c1-6-3-9(7(2)19-6)13(18)17-12-10(14)4-8(16)5-11(12)15/h3-5H,16H2,1-2H3,(H,17,18). The number of benzene rings is 1. The molecule has 1 heterocycles. The maximum Gasteiger partial charge on any atom is 0.259 e. The van der Waals surface area contributed by atoms with Gasteiger partial charge < -0.3 is 15.5 Å². The molecule has 1 aromatic heterocycles. The zero-order chi connectivity index (χ0) is 14.2. The van der Waals surface area contributed by atoms with E-state index in [2.05, 4.69) is 37.2 Å². The molecule has 0 fully saturated rings. The van der Waals surface area contributed by atoms with E-state index < -0.39 is 0 Å². The van der Waals surface area contributed by atoms with Gasteiger partial charge in [-0.1, -0.05) is 0 Å². The summed E-state index contributed by atoms with van der Waals surface area (Å²) in [6.45, 7) is 3.56. The topological polar surface area (TPSA) is 68.3 Å². The van der Waals surface area contributed by atoms with E-state index in [1.165, 1.54) is 0 Å². The predicted octanol–water partition coefficient (Wildman–Crippen LogP) is 4.26. The average molecular weight is 388 g/mol. The Morgan fingerprint density at radius 2 is 1.79 bits per heavy atom. The van der Waals surface area contributed by atoms with Crippen molar-refractivity contribution in [2.75, 3.05) is 11.1 Å². The number of nitrogens with one attached hydrogen (secondary N) is 1. The third-order valence-corrected chi connectivity index (χ3v) is 3.84. The number of aryl methyl sites for hydroxylation is 2. The number of halogens is 2. The lowest BCUT2D eigenvalue weighted by Gasteiger charge is -2.10. The largest absolute Gasteiger partial charge is 0.466 e. The van der Waals surface area contributed by atoms with E-state index in [9.17, 15) is 4.79 Å². The van der Waals surface area contributed by atoms with Crippen LogP contribution in [0.4, 0.5) is 11.4 Å². The van der Waals surface area contributed by atoms with Crippen LogP contribution in [0, 0.1) is 13.8 Å². The number of carbonyl (C=O) groups excluding carboxylic acids is 1. The molecule has 0 spiro atoms. The fraction of sp³-hybridized carbons (Fsp3) is 0.154. The first-order chi connectivity index (χ1) is 8.88. The van der Waals surface area contributed by atoms with Crippen molar-refractivity contribution in [3.8, 4) is 0 Å². The van der Waals surface area contributed by atoms with Gasteiger partial charge >= 0.3 is 0 Å². The Bertz CT molecular complexity index is 627. The van der Waals surface area contributed by atoms with E-state index in [4.69, 9.17) is 10.2 Å². The first kappa shape index (κ1) is 14.1. The summed E-state index contributed by atoms with van der Waals surface area (Å²) in [6, 6.07) is 5.17. The molecule has 1 amide bonds. The number of anilines is 2. The maximum absolute atomic E-state index is 12.2. The Kier molecular flexibility index (Phi) is 4.01. The van der Waals surface area contributed by atoms with Gasteiger partial charge in [0.15, 0.2) is 0 Å². The molecule has 4 nitrogen and oxygen atoms in total. The summed E-state index contributed by atoms with van der Waals surface area (Å²) < 4.78 is 6.78. The molecule has 0 aliphatic carbocycles. The highest BCUT2D eigenvalue weighted by atomic mass is 79.9. The van der Waals surface area contributed by atoms with Gasteiger partial charge in [0.2, 0.25) is 0 Å². The minimum atomic E-state index is -0.222. The highest BCUT2D eigenvalue weighted by molar-refractivity contribution is 9.11. The smallest absolute Gasteiger partial charge is 0.259 e. The van der Waals surface area contributed by atoms with Gasteiger partial charge in [0.25, 0.3) is 5.91 Å². The summed E-state index contributed by atoms with van der Waals surface area (Å²) in [5.41, 5.74) is 7.47. The lowest BCUT2D eigenvalue weighted by atomic mass is 10.2. The Hall–Kier alpha value is -1.27. The molecule has 6 heteroatoms. The average Bonchev–Trinajstić information content (AvgIpc) is 2.62. The summed E-state index contributed by atoms with van der Waals surface area (Å²) in [6.07, 6.45) is 0. The van der Waals surface area contributed by atoms with Crippen LogP contribution in [0.3, 0.4) is 0 Å². The molecule has 0 saturated heterocycles. The van der Waals surface area contributed by atoms with Crippen molar-refractivity contribution >= 4 is 49.1 Å². The quantitative estimate of drug-likeness (QED) is 0.756. The first-order valence-electron chi connectivity index (χ1n) is 5.51. The van der Waals surface area contributed by atoms with E-state index in [1.54, 1.807) is 32.0 Å². The van der Waals surface area contributed by atoms with Gasteiger partial charge in [0.1, 0.15) is 11.5 Å². The maximum atomic E-state index is 12.2. The summed E-state index contributed by atoms with van der Waals surface area (Å²) in [4.78, 5) is 12.2. The van der Waals surface area contributed by atoms with E-state index in [1.807, 2.05) is 0 Å². The van der Waals surface area contributed by atoms with Gasteiger partial charge in [0.05, 0.1) is 11.3 Å². The number of hydrogen-bond acceptors (Lipinski definition) is 3. The van der Waals surface area contributed by atoms with Gasteiger partial charge in [-0.05, 0) is 63.9 Å². The van der Waals surface area contributed by atoms with Gasteiger partial charge in [0, 0.05) is 14.6 Å². The highest BCUT2D eigenvalue weighted by Gasteiger charge is 2.16. The predicted molar refractivity (Wildman–Crippen MR) is 82.4 cm³/mol. The van der Waals surface area contributed by atoms with Crippen LogP contribution >= 0.6 is 31.9 Å². The van der Waals surface area contributed by atoms with Crippen molar-refractivity contribution < 1.29 is 9.21 Å². The van der Waals surface area contributed by atoms with Gasteiger partial charge in [-0.25, -0.2) is 0 Å². The van der Waals surface area contributed by atoms with Crippen LogP contribution in [0.2, 0.25) is 0 Å². The minimum absolute atomic E-state index is 0.222. The van der Waals surface area contributed by atoms with Crippen LogP contribution in [-0.4, -0.2) is 5.91 Å². The summed E-state index contributed by atoms with van der Waals surface area (Å²) in [5, 5.41) is 2.83. The molecule has 0 atom stereocenters. The van der Waals surface area contributed by atoms with Crippen LogP contribution in [-0.2, 0) is 0 Å². The van der Waals surface area contributed by atoms with Crippen LogP contribution in [0.5, 0.6) is 0 Å². The summed E-state index contributed by atoms with van der Waals surface area (Å²) in [7, 11) is 0. The number of nitrogens with two attached hydrogens (primary N) is 1. The summed E-state index contributed by atoms with van der Waals surface area (Å²) in [5.74, 6) is 1.08. The third kappa shape index (κ3) is 3.01. The van der Waals surface area contributed by atoms with Crippen molar-refractivity contribution in [3.05, 3.63) is 44.2 Å². The second-order valence-corrected chi connectivity index (χ2v) is 5.85. The Labute approximate surface area is 127 Å². The van der Waals surface area contributed by atoms with Crippen molar-refractivity contribution in [1.29, 1.82) is 0 Å². The van der Waals surface area contributed by atoms with Crippen molar-refractivity contribution in [1.82, 2.24) is 0 Å². The number of furan rings is 1. The zero-order valence-corrected chi connectivity index (χ0v) is 13.6. The second-order valence-electron chi connectivity index (χ2n) is 4.14. The molecule has 0 aliphatic heterocycles. The van der Waals surface area contributed by atoms with Gasteiger partial charge in [-0.15, -0.1) is 0 Å². The van der Waals surface area contributed by atoms with Crippen LogP contribution in [0.1, 0.15) is 21.9 Å². The van der Waals surface area contributed by atoms with Gasteiger partial charge in [-0.2, -0.15) is 0 Å². The highest BCUT2D eigenvalue weighted by Crippen LogP contribution is 2.34. The van der Waals surface area contributed by atoms with E-state index in [0.29, 0.717) is 37.4 Å². The molecule has 0 radical (unpaired) electrons. The SMILES string of the molecule is Cc1cc(C(=O)Nc2c(Br)cc(N)cc2Br)c(C)o1. The molecule has 19 heavy (non-hydrogen) atoms. The van der Waals surface area contributed by atoms with E-state index in [0.717, 1.165) is 0 Å². The normalized spacial score (nSPS) is 10.5. The molecule has 3 N–H and O–H groups in total. The number of rotatable bonds is 2. The van der Waals surface area contributed by atoms with Crippen molar-refractivity contribution in [3.63, 3.8) is 0 Å². The molecule has 0 saturated carbocycles. The monoisotopic (exact) mass is 386 g/mol. The fourth-order valence-corrected chi connectivity index (χ4v) is 3.17. The van der Waals surface area contributed by atoms with Gasteiger partial charge in [-0.3, -0.25) is 4.79 Å². The zero-order valence-electron chi connectivity index (χ0n) is 10.4. The molecular formula is C13H12Br2N2O2. The van der Waals surface area contributed by atoms with Crippen LogP contribution in [0.15, 0.2) is 31.6 Å². The number of carbonyl (C=O) groups is 1.